The van der Waals surface area contributed by atoms with Crippen LogP contribution < -0.4 is 0 Å². The van der Waals surface area contributed by atoms with Gasteiger partial charge in [0.1, 0.15) is 0 Å². The Bertz CT molecular complexity index is 103. The molecule has 1 atom stereocenters. The minimum atomic E-state index is -1.71. The smallest absolute Gasteiger partial charge is 0.155 e. The Balaban J connectivity index is 2.98. The average Bonchev–Trinajstić information content (AvgIpc) is 1.79. The van der Waals surface area contributed by atoms with Crippen LogP contribution in [0.2, 0.25) is 0 Å². The van der Waals surface area contributed by atoms with E-state index in [1.807, 2.05) is 13.8 Å². The van der Waals surface area contributed by atoms with Crippen molar-refractivity contribution in [2.75, 3.05) is 19.0 Å². The number of ether oxygens (including phenoxy) is 1. The van der Waals surface area contributed by atoms with Crippen molar-refractivity contribution in [1.29, 1.82) is 0 Å². The summed E-state index contributed by atoms with van der Waals surface area (Å²) in [5, 5.41) is 0. The normalized spacial score (nSPS) is 14.0. The molecule has 4 heteroatoms. The Kier molecular flexibility index (Phi) is 5.87. The molecule has 0 rings (SSSR count). The second kappa shape index (κ2) is 5.82. The maximum Gasteiger partial charge on any atom is 0.155 e. The van der Waals surface area contributed by atoms with Gasteiger partial charge in [-0.15, -0.1) is 0 Å². The van der Waals surface area contributed by atoms with E-state index in [1.54, 1.807) is 0 Å². The van der Waals surface area contributed by atoms with Crippen molar-refractivity contribution in [3.63, 3.8) is 0 Å². The van der Waals surface area contributed by atoms with Gasteiger partial charge in [-0.3, -0.25) is 0 Å². The lowest BCUT2D eigenvalue weighted by Gasteiger charge is -2.04. The zero-order chi connectivity index (χ0) is 7.98. The lowest BCUT2D eigenvalue weighted by molar-refractivity contribution is 0.123. The van der Waals surface area contributed by atoms with Crippen LogP contribution in [0.15, 0.2) is 0 Å². The Morgan fingerprint density at radius 2 is 2.20 bits per heavy atom. The van der Waals surface area contributed by atoms with Crippen LogP contribution in [0.3, 0.4) is 0 Å². The van der Waals surface area contributed by atoms with E-state index in [0.717, 1.165) is 0 Å². The van der Waals surface area contributed by atoms with Gasteiger partial charge in [0.05, 0.1) is 12.4 Å². The van der Waals surface area contributed by atoms with Crippen LogP contribution >= 0.6 is 0 Å². The van der Waals surface area contributed by atoms with E-state index in [1.165, 1.54) is 0 Å². The standard InChI is InChI=1S/C6H14O3S/c1-6(2)5-9-3-4-10(7)8/h6H,3-5H2,1-2H3,(H,7,8). The molecule has 0 saturated heterocycles. The molecular formula is C6H14O3S. The van der Waals surface area contributed by atoms with Gasteiger partial charge in [0.25, 0.3) is 0 Å². The van der Waals surface area contributed by atoms with E-state index < -0.39 is 11.1 Å². The van der Waals surface area contributed by atoms with Gasteiger partial charge in [-0.05, 0) is 5.92 Å². The van der Waals surface area contributed by atoms with E-state index in [0.29, 0.717) is 19.1 Å². The topological polar surface area (TPSA) is 46.5 Å². The molecule has 0 aliphatic carbocycles. The van der Waals surface area contributed by atoms with Crippen LogP contribution in [0.4, 0.5) is 0 Å². The van der Waals surface area contributed by atoms with Gasteiger partial charge in [-0.25, -0.2) is 4.21 Å². The highest BCUT2D eigenvalue weighted by atomic mass is 32.2. The number of hydrogen-bond acceptors (Lipinski definition) is 2. The zero-order valence-electron chi connectivity index (χ0n) is 6.37. The molecule has 0 aromatic heterocycles. The first-order valence-corrected chi connectivity index (χ1v) is 4.55. The molecule has 0 heterocycles. The Hall–Kier alpha value is 0.0700. The lowest BCUT2D eigenvalue weighted by Crippen LogP contribution is -2.08. The SMILES string of the molecule is CC(C)COCCS(=O)O. The maximum absolute atomic E-state index is 10.1. The second-order valence-electron chi connectivity index (χ2n) is 2.49. The van der Waals surface area contributed by atoms with Crippen LogP contribution in [-0.4, -0.2) is 27.7 Å². The summed E-state index contributed by atoms with van der Waals surface area (Å²) < 4.78 is 23.4. The van der Waals surface area contributed by atoms with Crippen LogP contribution in [0.1, 0.15) is 13.8 Å². The number of hydrogen-bond donors (Lipinski definition) is 1. The van der Waals surface area contributed by atoms with Gasteiger partial charge >= 0.3 is 0 Å². The lowest BCUT2D eigenvalue weighted by atomic mass is 10.2. The first kappa shape index (κ1) is 10.1. The summed E-state index contributed by atoms with van der Waals surface area (Å²) in [6, 6.07) is 0. The van der Waals surface area contributed by atoms with Gasteiger partial charge in [0.2, 0.25) is 0 Å². The molecule has 0 aliphatic rings. The average molecular weight is 166 g/mol. The Labute approximate surface area is 64.1 Å². The van der Waals surface area contributed by atoms with Crippen molar-refractivity contribution >= 4 is 11.1 Å². The highest BCUT2D eigenvalue weighted by Gasteiger charge is 1.95. The zero-order valence-corrected chi connectivity index (χ0v) is 7.19. The molecule has 0 aromatic rings. The van der Waals surface area contributed by atoms with E-state index in [4.69, 9.17) is 9.29 Å². The Morgan fingerprint density at radius 1 is 1.60 bits per heavy atom. The predicted octanol–water partition coefficient (Wildman–Crippen LogP) is 0.881. The molecule has 0 aliphatic heterocycles. The van der Waals surface area contributed by atoms with Crippen molar-refractivity contribution in [2.24, 2.45) is 5.92 Å². The highest BCUT2D eigenvalue weighted by molar-refractivity contribution is 7.79. The van der Waals surface area contributed by atoms with Gasteiger partial charge < -0.3 is 9.29 Å². The van der Waals surface area contributed by atoms with E-state index in [2.05, 4.69) is 0 Å². The molecule has 0 amide bonds. The van der Waals surface area contributed by atoms with Crippen molar-refractivity contribution in [1.82, 2.24) is 0 Å². The quantitative estimate of drug-likeness (QED) is 0.487. The van der Waals surface area contributed by atoms with E-state index >= 15 is 0 Å². The monoisotopic (exact) mass is 166 g/mol. The number of rotatable bonds is 5. The molecule has 0 saturated carbocycles. The third-order valence-corrected chi connectivity index (χ3v) is 1.37. The van der Waals surface area contributed by atoms with Gasteiger partial charge in [0.15, 0.2) is 11.1 Å². The van der Waals surface area contributed by atoms with Crippen molar-refractivity contribution in [2.45, 2.75) is 13.8 Å². The van der Waals surface area contributed by atoms with Gasteiger partial charge in [0, 0.05) is 6.61 Å². The van der Waals surface area contributed by atoms with Crippen molar-refractivity contribution < 1.29 is 13.5 Å². The summed E-state index contributed by atoms with van der Waals surface area (Å²) >= 11 is -1.71. The highest BCUT2D eigenvalue weighted by Crippen LogP contribution is 1.91. The minimum absolute atomic E-state index is 0.215. The van der Waals surface area contributed by atoms with Crippen LogP contribution in [0.25, 0.3) is 0 Å². The van der Waals surface area contributed by atoms with Gasteiger partial charge in [-0.2, -0.15) is 0 Å². The largest absolute Gasteiger partial charge is 0.380 e. The molecule has 0 spiro atoms. The Morgan fingerprint density at radius 3 is 2.60 bits per heavy atom. The molecule has 1 N–H and O–H groups in total. The fourth-order valence-electron chi connectivity index (χ4n) is 0.449. The second-order valence-corrected chi connectivity index (χ2v) is 3.55. The summed E-state index contributed by atoms with van der Waals surface area (Å²) in [4.78, 5) is 0. The maximum atomic E-state index is 10.1. The molecule has 62 valence electrons. The molecule has 1 unspecified atom stereocenters. The molecule has 0 fully saturated rings. The van der Waals surface area contributed by atoms with Crippen LogP contribution in [0, 0.1) is 5.92 Å². The first-order chi connectivity index (χ1) is 4.63. The fraction of sp³-hybridized carbons (Fsp3) is 1.00. The summed E-state index contributed by atoms with van der Waals surface area (Å²) in [5.41, 5.74) is 0. The first-order valence-electron chi connectivity index (χ1n) is 3.28. The van der Waals surface area contributed by atoms with Crippen molar-refractivity contribution in [3.05, 3.63) is 0 Å². The fourth-order valence-corrected chi connectivity index (χ4v) is 0.710. The van der Waals surface area contributed by atoms with Crippen LogP contribution in [-0.2, 0) is 15.8 Å². The van der Waals surface area contributed by atoms with Crippen molar-refractivity contribution in [3.8, 4) is 0 Å². The summed E-state index contributed by atoms with van der Waals surface area (Å²) in [5.74, 6) is 0.708. The predicted molar refractivity (Wildman–Crippen MR) is 41.3 cm³/mol. The molecule has 0 aromatic carbocycles. The van der Waals surface area contributed by atoms with Gasteiger partial charge in [-0.1, -0.05) is 13.8 Å². The summed E-state index contributed by atoms with van der Waals surface area (Å²) in [6.07, 6.45) is 0. The molecule has 0 radical (unpaired) electrons. The van der Waals surface area contributed by atoms with E-state index in [9.17, 15) is 4.21 Å². The van der Waals surface area contributed by atoms with E-state index in [-0.39, 0.29) is 5.75 Å². The summed E-state index contributed by atoms with van der Waals surface area (Å²) in [7, 11) is 0. The third-order valence-electron chi connectivity index (χ3n) is 0.853. The minimum Gasteiger partial charge on any atom is -0.380 e. The third kappa shape index (κ3) is 8.07. The summed E-state index contributed by atoms with van der Waals surface area (Å²) in [6.45, 7) is 5.12. The molecule has 10 heavy (non-hydrogen) atoms. The van der Waals surface area contributed by atoms with Crippen LogP contribution in [0.5, 0.6) is 0 Å². The molecule has 0 bridgehead atoms. The molecule has 3 nitrogen and oxygen atoms in total. The molecular weight excluding hydrogens is 152 g/mol.